The molecule has 1 aliphatic rings. The summed E-state index contributed by atoms with van der Waals surface area (Å²) < 4.78 is 46.8. The number of alkyl halides is 3. The summed E-state index contributed by atoms with van der Waals surface area (Å²) in [5.41, 5.74) is 4.58. The van der Waals surface area contributed by atoms with Crippen LogP contribution < -0.4 is 5.56 Å². The molecule has 1 aliphatic carbocycles. The third kappa shape index (κ3) is 6.10. The lowest BCUT2D eigenvalue weighted by molar-refractivity contribution is -0.222. The van der Waals surface area contributed by atoms with Crippen molar-refractivity contribution in [2.45, 2.75) is 76.3 Å². The number of nitrogens with zero attached hydrogens (tertiary/aromatic N) is 5. The van der Waals surface area contributed by atoms with Crippen molar-refractivity contribution in [2.24, 2.45) is 0 Å². The van der Waals surface area contributed by atoms with Crippen LogP contribution in [0.15, 0.2) is 59.7 Å². The van der Waals surface area contributed by atoms with Crippen molar-refractivity contribution in [1.29, 1.82) is 5.26 Å². The van der Waals surface area contributed by atoms with Gasteiger partial charge in [0.2, 0.25) is 5.78 Å². The normalized spacial score (nSPS) is 18.2. The van der Waals surface area contributed by atoms with Crippen molar-refractivity contribution in [2.75, 3.05) is 6.61 Å². The third-order valence-corrected chi connectivity index (χ3v) is 7.88. The average molecular weight is 580 g/mol. The van der Waals surface area contributed by atoms with Gasteiger partial charge in [0.1, 0.15) is 6.33 Å². The highest BCUT2D eigenvalue weighted by molar-refractivity contribution is 5.70. The van der Waals surface area contributed by atoms with Gasteiger partial charge in [-0.2, -0.15) is 28.5 Å². The predicted molar refractivity (Wildman–Crippen MR) is 150 cm³/mol. The van der Waals surface area contributed by atoms with Crippen molar-refractivity contribution in [3.63, 3.8) is 0 Å². The van der Waals surface area contributed by atoms with Gasteiger partial charge in [0.15, 0.2) is 6.10 Å². The lowest BCUT2D eigenvalue weighted by Crippen LogP contribution is -2.37. The van der Waals surface area contributed by atoms with Gasteiger partial charge in [0.05, 0.1) is 30.0 Å². The predicted octanol–water partition coefficient (Wildman–Crippen LogP) is 5.40. The zero-order valence-electron chi connectivity index (χ0n) is 23.2. The topological polar surface area (TPSA) is 105 Å². The summed E-state index contributed by atoms with van der Waals surface area (Å²) in [6.07, 6.45) is -2.43. The average Bonchev–Trinajstić information content (AvgIpc) is 3.47. The highest BCUT2D eigenvalue weighted by Crippen LogP contribution is 2.32. The molecule has 0 saturated heterocycles. The van der Waals surface area contributed by atoms with E-state index in [2.05, 4.69) is 16.2 Å². The second-order valence-corrected chi connectivity index (χ2v) is 10.7. The molecule has 11 heteroatoms. The van der Waals surface area contributed by atoms with Crippen molar-refractivity contribution in [3.05, 3.63) is 87.6 Å². The molecular weight excluding hydrogens is 547 g/mol. The monoisotopic (exact) mass is 579 g/mol. The zero-order valence-corrected chi connectivity index (χ0v) is 23.2. The molecule has 1 unspecified atom stereocenters. The molecule has 4 aromatic rings. The fraction of sp³-hybridized carbons (Fsp3) is 0.419. The van der Waals surface area contributed by atoms with Crippen molar-refractivity contribution < 1.29 is 23.0 Å². The Balaban J connectivity index is 1.41. The SMILES string of the molecule is CCCc1c(Cc2ccc(-c3ccccc3C#N)cc2)c(=O)n([C@H]2CC[C@H](OCC(O)C(F)(F)F)CC2)c2ncnn12. The van der Waals surface area contributed by atoms with E-state index in [1.165, 1.54) is 6.33 Å². The van der Waals surface area contributed by atoms with Gasteiger partial charge >= 0.3 is 6.18 Å². The molecule has 2 aromatic heterocycles. The fourth-order valence-electron chi connectivity index (χ4n) is 5.71. The molecule has 1 fully saturated rings. The zero-order chi connectivity index (χ0) is 29.9. The maximum absolute atomic E-state index is 14.1. The van der Waals surface area contributed by atoms with Crippen LogP contribution in [-0.2, 0) is 17.6 Å². The van der Waals surface area contributed by atoms with Crippen LogP contribution in [0.2, 0.25) is 0 Å². The van der Waals surface area contributed by atoms with E-state index < -0.39 is 25.0 Å². The molecule has 42 heavy (non-hydrogen) atoms. The summed E-state index contributed by atoms with van der Waals surface area (Å²) >= 11 is 0. The Bertz CT molecular complexity index is 1630. The van der Waals surface area contributed by atoms with Gasteiger partial charge in [0.25, 0.3) is 5.56 Å². The van der Waals surface area contributed by atoms with E-state index in [9.17, 15) is 28.3 Å². The Labute approximate surface area is 241 Å². The van der Waals surface area contributed by atoms with Crippen LogP contribution in [0, 0.1) is 11.3 Å². The molecule has 8 nitrogen and oxygen atoms in total. The van der Waals surface area contributed by atoms with Crippen LogP contribution in [0.25, 0.3) is 16.9 Å². The lowest BCUT2D eigenvalue weighted by atomic mass is 9.92. The van der Waals surface area contributed by atoms with Crippen LogP contribution in [0.3, 0.4) is 0 Å². The number of aromatic nitrogens is 4. The van der Waals surface area contributed by atoms with Gasteiger partial charge in [0, 0.05) is 18.0 Å². The van der Waals surface area contributed by atoms with E-state index in [1.807, 2.05) is 49.4 Å². The quantitative estimate of drug-likeness (QED) is 0.285. The molecule has 1 atom stereocenters. The molecule has 220 valence electrons. The van der Waals surface area contributed by atoms with Crippen molar-refractivity contribution in [3.8, 4) is 17.2 Å². The first kappa shape index (κ1) is 29.5. The summed E-state index contributed by atoms with van der Waals surface area (Å²) in [7, 11) is 0. The summed E-state index contributed by atoms with van der Waals surface area (Å²) in [5, 5.41) is 23.2. The smallest absolute Gasteiger partial charge is 0.382 e. The third-order valence-electron chi connectivity index (χ3n) is 7.88. The molecule has 1 saturated carbocycles. The van der Waals surface area contributed by atoms with E-state index in [0.29, 0.717) is 55.4 Å². The first-order valence-electron chi connectivity index (χ1n) is 14.1. The summed E-state index contributed by atoms with van der Waals surface area (Å²) in [5.74, 6) is 0.451. The molecule has 0 spiro atoms. The van der Waals surface area contributed by atoms with Crippen LogP contribution in [0.1, 0.15) is 67.5 Å². The molecule has 1 N–H and O–H groups in total. The van der Waals surface area contributed by atoms with Gasteiger partial charge in [-0.3, -0.25) is 9.36 Å². The lowest BCUT2D eigenvalue weighted by Gasteiger charge is -2.31. The number of aryl methyl sites for hydroxylation is 1. The number of rotatable bonds is 9. The highest BCUT2D eigenvalue weighted by atomic mass is 19.4. The van der Waals surface area contributed by atoms with E-state index in [4.69, 9.17) is 4.74 Å². The summed E-state index contributed by atoms with van der Waals surface area (Å²) in [6, 6.07) is 17.3. The number of hydrogen-bond donors (Lipinski definition) is 1. The number of aliphatic hydroxyl groups excluding tert-OH is 1. The minimum atomic E-state index is -4.72. The number of hydrogen-bond acceptors (Lipinski definition) is 6. The fourth-order valence-corrected chi connectivity index (χ4v) is 5.71. The van der Waals surface area contributed by atoms with Gasteiger partial charge in [-0.25, -0.2) is 4.52 Å². The number of nitriles is 1. The molecule has 2 heterocycles. The molecule has 0 bridgehead atoms. The van der Waals surface area contributed by atoms with Crippen LogP contribution in [0.4, 0.5) is 13.2 Å². The molecule has 0 radical (unpaired) electrons. The van der Waals surface area contributed by atoms with Crippen molar-refractivity contribution >= 4 is 5.78 Å². The Morgan fingerprint density at radius 3 is 2.50 bits per heavy atom. The van der Waals surface area contributed by atoms with Gasteiger partial charge in [-0.1, -0.05) is 55.8 Å². The Kier molecular flexibility index (Phi) is 8.75. The summed E-state index contributed by atoms with van der Waals surface area (Å²) in [4.78, 5) is 18.5. The maximum atomic E-state index is 14.1. The molecule has 0 amide bonds. The molecule has 0 aliphatic heterocycles. The minimum Gasteiger partial charge on any atom is -0.382 e. The van der Waals surface area contributed by atoms with E-state index in [-0.39, 0.29) is 11.6 Å². The second kappa shape index (κ2) is 12.5. The van der Waals surface area contributed by atoms with Gasteiger partial charge in [-0.15, -0.1) is 0 Å². The van der Waals surface area contributed by atoms with Gasteiger partial charge < -0.3 is 9.84 Å². The molecule has 5 rings (SSSR count). The minimum absolute atomic E-state index is 0.144. The number of ether oxygens (including phenoxy) is 1. The number of benzene rings is 2. The molecule has 2 aromatic carbocycles. The van der Waals surface area contributed by atoms with Gasteiger partial charge in [-0.05, 0) is 54.9 Å². The Morgan fingerprint density at radius 1 is 1.12 bits per heavy atom. The highest BCUT2D eigenvalue weighted by Gasteiger charge is 2.39. The van der Waals surface area contributed by atoms with E-state index in [0.717, 1.165) is 28.8 Å². The Morgan fingerprint density at radius 2 is 1.83 bits per heavy atom. The summed E-state index contributed by atoms with van der Waals surface area (Å²) in [6.45, 7) is 1.24. The Hall–Kier alpha value is -4.01. The van der Waals surface area contributed by atoms with Crippen LogP contribution >= 0.6 is 0 Å². The van der Waals surface area contributed by atoms with Crippen LogP contribution in [0.5, 0.6) is 0 Å². The van der Waals surface area contributed by atoms with E-state index in [1.54, 1.807) is 15.1 Å². The van der Waals surface area contributed by atoms with Crippen molar-refractivity contribution in [1.82, 2.24) is 19.2 Å². The standard InChI is InChI=1S/C31H32F3N5O3/c1-2-5-27-26(16-20-8-10-21(11-9-20)25-7-4-3-6-22(25)17-35)29(41)38(30-36-19-37-39(27)30)23-12-14-24(15-13-23)42-18-28(40)31(32,33)34/h3-4,6-11,19,23-24,28,40H,2,5,12-16,18H2,1H3/t23-,24-,28?. The number of halogens is 3. The van der Waals surface area contributed by atoms with E-state index >= 15 is 0 Å². The first-order chi connectivity index (χ1) is 20.2. The first-order valence-corrected chi connectivity index (χ1v) is 14.1. The second-order valence-electron chi connectivity index (χ2n) is 10.7. The maximum Gasteiger partial charge on any atom is 0.416 e. The number of fused-ring (bicyclic) bond motifs is 1. The number of aliphatic hydroxyl groups is 1. The van der Waals surface area contributed by atoms with Crippen LogP contribution in [-0.4, -0.2) is 49.3 Å². The molecular formula is C31H32F3N5O3. The largest absolute Gasteiger partial charge is 0.416 e.